The highest BCUT2D eigenvalue weighted by Gasteiger charge is 2.31. The highest BCUT2D eigenvalue weighted by molar-refractivity contribution is 5.68. The van der Waals surface area contributed by atoms with Gasteiger partial charge < -0.3 is 9.47 Å². The molecule has 0 N–H and O–H groups in total. The molecule has 0 aromatic heterocycles. The Morgan fingerprint density at radius 3 is 1.32 bits per heavy atom. The van der Waals surface area contributed by atoms with Gasteiger partial charge in [-0.05, 0) is 23.3 Å². The van der Waals surface area contributed by atoms with E-state index in [0.717, 1.165) is 12.1 Å². The molecule has 0 spiro atoms. The largest absolute Gasteiger partial charge is 0.480 e. The highest BCUT2D eigenvalue weighted by atomic mass is 19.4. The van der Waals surface area contributed by atoms with E-state index in [4.69, 9.17) is 0 Å². The third-order valence-electron chi connectivity index (χ3n) is 2.37. The minimum absolute atomic E-state index is 0.353. The fourth-order valence-electron chi connectivity index (χ4n) is 1.49. The molecule has 0 fully saturated rings. The van der Waals surface area contributed by atoms with Gasteiger partial charge in [-0.25, -0.2) is 0 Å². The van der Waals surface area contributed by atoms with E-state index in [-0.39, 0.29) is 0 Å². The maximum absolute atomic E-state index is 12.2. The van der Waals surface area contributed by atoms with Gasteiger partial charge in [0, 0.05) is 0 Å². The van der Waals surface area contributed by atoms with Crippen LogP contribution >= 0.6 is 0 Å². The molecule has 0 saturated heterocycles. The standard InChI is InChI=1S/C14H12F6O2/c1-3-9-5-11(21-7-13(15,16)17)12(6-10(9)4-2)22-8-14(18,19)20/h3-6H,1-2,7-8H2. The topological polar surface area (TPSA) is 18.5 Å². The molecule has 1 rings (SSSR count). The average molecular weight is 326 g/mol. The molecular weight excluding hydrogens is 314 g/mol. The number of halogens is 6. The van der Waals surface area contributed by atoms with E-state index in [1.54, 1.807) is 0 Å². The smallest absolute Gasteiger partial charge is 0.422 e. The molecule has 2 nitrogen and oxygen atoms in total. The van der Waals surface area contributed by atoms with Crippen LogP contribution in [0.5, 0.6) is 11.5 Å². The molecule has 1 aromatic carbocycles. The summed E-state index contributed by atoms with van der Waals surface area (Å²) in [6.07, 6.45) is -6.64. The normalized spacial score (nSPS) is 11.9. The second-order valence-electron chi connectivity index (χ2n) is 4.14. The summed E-state index contributed by atoms with van der Waals surface area (Å²) in [5.41, 5.74) is 0.707. The predicted molar refractivity (Wildman–Crippen MR) is 69.7 cm³/mol. The first-order valence-corrected chi connectivity index (χ1v) is 5.88. The third-order valence-corrected chi connectivity index (χ3v) is 2.37. The number of alkyl halides is 6. The quantitative estimate of drug-likeness (QED) is 0.696. The SMILES string of the molecule is C=Cc1cc(OCC(F)(F)F)c(OCC(F)(F)F)cc1C=C. The first kappa shape index (κ1) is 17.9. The second kappa shape index (κ2) is 6.76. The van der Waals surface area contributed by atoms with Crippen LogP contribution in [0, 0.1) is 0 Å². The molecule has 0 aliphatic rings. The Morgan fingerprint density at radius 1 is 0.773 bits per heavy atom. The minimum atomic E-state index is -4.63. The van der Waals surface area contributed by atoms with E-state index in [0.29, 0.717) is 11.1 Å². The van der Waals surface area contributed by atoms with Crippen LogP contribution in [0.2, 0.25) is 0 Å². The Labute approximate surface area is 122 Å². The molecule has 1 aromatic rings. The lowest BCUT2D eigenvalue weighted by Gasteiger charge is -2.17. The van der Waals surface area contributed by atoms with Crippen LogP contribution in [-0.4, -0.2) is 25.6 Å². The zero-order valence-corrected chi connectivity index (χ0v) is 11.2. The molecule has 0 aliphatic heterocycles. The molecule has 22 heavy (non-hydrogen) atoms. The minimum Gasteiger partial charge on any atom is -0.480 e. The Morgan fingerprint density at radius 2 is 1.09 bits per heavy atom. The van der Waals surface area contributed by atoms with Gasteiger partial charge in [0.25, 0.3) is 0 Å². The van der Waals surface area contributed by atoms with Gasteiger partial charge in [0.2, 0.25) is 0 Å². The van der Waals surface area contributed by atoms with Gasteiger partial charge in [0.15, 0.2) is 24.7 Å². The number of benzene rings is 1. The summed E-state index contributed by atoms with van der Waals surface area (Å²) in [7, 11) is 0. The molecule has 0 unspecified atom stereocenters. The lowest BCUT2D eigenvalue weighted by atomic mass is 10.1. The van der Waals surface area contributed by atoms with Crippen LogP contribution in [0.25, 0.3) is 12.2 Å². The van der Waals surface area contributed by atoms with Crippen molar-refractivity contribution >= 4 is 12.2 Å². The summed E-state index contributed by atoms with van der Waals surface area (Å²) in [6.45, 7) is 3.61. The molecule has 0 atom stereocenters. The maximum atomic E-state index is 12.2. The fourth-order valence-corrected chi connectivity index (χ4v) is 1.49. The van der Waals surface area contributed by atoms with Crippen LogP contribution in [0.1, 0.15) is 11.1 Å². The Balaban J connectivity index is 3.13. The van der Waals surface area contributed by atoms with Crippen molar-refractivity contribution in [2.24, 2.45) is 0 Å². The van der Waals surface area contributed by atoms with E-state index < -0.39 is 37.1 Å². The van der Waals surface area contributed by atoms with Gasteiger partial charge in [-0.1, -0.05) is 25.3 Å². The summed E-state index contributed by atoms with van der Waals surface area (Å²) >= 11 is 0. The third kappa shape index (κ3) is 5.71. The highest BCUT2D eigenvalue weighted by Crippen LogP contribution is 2.34. The van der Waals surface area contributed by atoms with Crippen LogP contribution < -0.4 is 9.47 Å². The van der Waals surface area contributed by atoms with Crippen molar-refractivity contribution < 1.29 is 35.8 Å². The van der Waals surface area contributed by atoms with Gasteiger partial charge in [-0.15, -0.1) is 0 Å². The van der Waals surface area contributed by atoms with Gasteiger partial charge in [-0.2, -0.15) is 26.3 Å². The number of hydrogen-bond acceptors (Lipinski definition) is 2. The molecule has 0 bridgehead atoms. The molecule has 0 aliphatic carbocycles. The van der Waals surface area contributed by atoms with Crippen molar-refractivity contribution in [1.82, 2.24) is 0 Å². The number of hydrogen-bond donors (Lipinski definition) is 0. The van der Waals surface area contributed by atoms with Crippen LogP contribution in [0.3, 0.4) is 0 Å². The lowest BCUT2D eigenvalue weighted by Crippen LogP contribution is -2.21. The first-order chi connectivity index (χ1) is 10.1. The summed E-state index contributed by atoms with van der Waals surface area (Å²) in [5.74, 6) is -0.913. The fraction of sp³-hybridized carbons (Fsp3) is 0.286. The average Bonchev–Trinajstić information content (AvgIpc) is 2.40. The molecule has 122 valence electrons. The molecule has 0 radical (unpaired) electrons. The Kier molecular flexibility index (Phi) is 5.51. The second-order valence-corrected chi connectivity index (χ2v) is 4.14. The van der Waals surface area contributed by atoms with Crippen molar-refractivity contribution in [2.45, 2.75) is 12.4 Å². The van der Waals surface area contributed by atoms with Crippen LogP contribution in [0.4, 0.5) is 26.3 Å². The predicted octanol–water partition coefficient (Wildman–Crippen LogP) is 4.85. The zero-order chi connectivity index (χ0) is 17.0. The Bertz CT molecular complexity index is 496. The van der Waals surface area contributed by atoms with E-state index in [9.17, 15) is 26.3 Å². The van der Waals surface area contributed by atoms with Crippen molar-refractivity contribution in [3.05, 3.63) is 36.4 Å². The first-order valence-electron chi connectivity index (χ1n) is 5.88. The van der Waals surface area contributed by atoms with Gasteiger partial charge in [-0.3, -0.25) is 0 Å². The summed E-state index contributed by atoms with van der Waals surface area (Å²) < 4.78 is 82.2. The zero-order valence-electron chi connectivity index (χ0n) is 11.2. The van der Waals surface area contributed by atoms with Gasteiger partial charge in [0.05, 0.1) is 0 Å². The van der Waals surface area contributed by atoms with Crippen molar-refractivity contribution in [1.29, 1.82) is 0 Å². The summed E-state index contributed by atoms with van der Waals surface area (Å²) in [6, 6.07) is 2.23. The van der Waals surface area contributed by atoms with Crippen molar-refractivity contribution in [3.63, 3.8) is 0 Å². The Hall–Kier alpha value is -2.12. The lowest BCUT2D eigenvalue weighted by molar-refractivity contribution is -0.158. The van der Waals surface area contributed by atoms with Crippen molar-refractivity contribution in [3.8, 4) is 11.5 Å². The van der Waals surface area contributed by atoms with E-state index in [1.807, 2.05) is 0 Å². The van der Waals surface area contributed by atoms with E-state index >= 15 is 0 Å². The van der Waals surface area contributed by atoms with Crippen LogP contribution in [0.15, 0.2) is 25.3 Å². The monoisotopic (exact) mass is 326 g/mol. The number of ether oxygens (including phenoxy) is 2. The van der Waals surface area contributed by atoms with Crippen molar-refractivity contribution in [2.75, 3.05) is 13.2 Å². The molecule has 8 heteroatoms. The molecule has 0 saturated carbocycles. The molecular formula is C14H12F6O2. The summed E-state index contributed by atoms with van der Waals surface area (Å²) in [5, 5.41) is 0. The summed E-state index contributed by atoms with van der Waals surface area (Å²) in [4.78, 5) is 0. The number of rotatable bonds is 6. The molecule has 0 amide bonds. The molecule has 0 heterocycles. The van der Waals surface area contributed by atoms with Gasteiger partial charge in [0.1, 0.15) is 0 Å². The van der Waals surface area contributed by atoms with Crippen LogP contribution in [-0.2, 0) is 0 Å². The van der Waals surface area contributed by atoms with E-state index in [1.165, 1.54) is 12.2 Å². The van der Waals surface area contributed by atoms with E-state index in [2.05, 4.69) is 22.6 Å². The van der Waals surface area contributed by atoms with Gasteiger partial charge >= 0.3 is 12.4 Å². The maximum Gasteiger partial charge on any atom is 0.422 e.